The Morgan fingerprint density at radius 3 is 2.86 bits per heavy atom. The number of nitrogens with zero attached hydrogens (tertiary/aromatic N) is 3. The molecule has 0 radical (unpaired) electrons. The summed E-state index contributed by atoms with van der Waals surface area (Å²) >= 11 is 0. The van der Waals surface area contributed by atoms with E-state index in [1.54, 1.807) is 17.9 Å². The molecule has 1 fully saturated rings. The zero-order valence-electron chi connectivity index (χ0n) is 8.28. The zero-order chi connectivity index (χ0) is 10.2. The molecule has 1 saturated carbocycles. The highest BCUT2D eigenvalue weighted by molar-refractivity contribution is 5.06. The van der Waals surface area contributed by atoms with Gasteiger partial charge in [-0.3, -0.25) is 4.68 Å². The van der Waals surface area contributed by atoms with Gasteiger partial charge in [-0.1, -0.05) is 5.21 Å². The Bertz CT molecular complexity index is 320. The Morgan fingerprint density at radius 1 is 1.71 bits per heavy atom. The first-order valence-corrected chi connectivity index (χ1v) is 4.88. The lowest BCUT2D eigenvalue weighted by Gasteiger charge is -2.21. The van der Waals surface area contributed by atoms with Crippen molar-refractivity contribution in [2.24, 2.45) is 18.7 Å². The second-order valence-electron chi connectivity index (χ2n) is 4.07. The third kappa shape index (κ3) is 1.77. The van der Waals surface area contributed by atoms with Gasteiger partial charge in [-0.05, 0) is 18.8 Å². The van der Waals surface area contributed by atoms with Crippen LogP contribution < -0.4 is 5.73 Å². The van der Waals surface area contributed by atoms with Crippen LogP contribution in [-0.2, 0) is 13.5 Å². The molecule has 0 spiro atoms. The molecule has 1 heterocycles. The van der Waals surface area contributed by atoms with Gasteiger partial charge in [-0.2, -0.15) is 0 Å². The molecule has 0 saturated heterocycles. The summed E-state index contributed by atoms with van der Waals surface area (Å²) in [6.07, 6.45) is 3.94. The lowest BCUT2D eigenvalue weighted by molar-refractivity contribution is 0.141. The highest BCUT2D eigenvalue weighted by atomic mass is 19.1. The summed E-state index contributed by atoms with van der Waals surface area (Å²) in [5.74, 6) is 0.134. The molecule has 1 aliphatic rings. The Hall–Kier alpha value is -0.970. The maximum absolute atomic E-state index is 14.2. The van der Waals surface area contributed by atoms with Crippen molar-refractivity contribution < 1.29 is 4.39 Å². The molecule has 1 unspecified atom stereocenters. The zero-order valence-corrected chi connectivity index (χ0v) is 8.28. The Kier molecular flexibility index (Phi) is 2.26. The number of alkyl halides is 1. The molecule has 78 valence electrons. The molecule has 14 heavy (non-hydrogen) atoms. The van der Waals surface area contributed by atoms with Gasteiger partial charge < -0.3 is 5.73 Å². The van der Waals surface area contributed by atoms with Gasteiger partial charge in [0.1, 0.15) is 5.67 Å². The van der Waals surface area contributed by atoms with E-state index in [4.69, 9.17) is 5.73 Å². The lowest BCUT2D eigenvalue weighted by Crippen LogP contribution is -2.37. The van der Waals surface area contributed by atoms with Gasteiger partial charge in [0.15, 0.2) is 0 Å². The molecule has 4 nitrogen and oxygen atoms in total. The summed E-state index contributed by atoms with van der Waals surface area (Å²) < 4.78 is 15.8. The van der Waals surface area contributed by atoms with E-state index in [1.807, 2.05) is 0 Å². The molecule has 2 rings (SSSR count). The molecule has 0 bridgehead atoms. The quantitative estimate of drug-likeness (QED) is 0.763. The number of nitrogens with two attached hydrogens (primary N) is 1. The van der Waals surface area contributed by atoms with Gasteiger partial charge >= 0.3 is 0 Å². The predicted molar refractivity (Wildman–Crippen MR) is 50.3 cm³/mol. The number of hydrogen-bond donors (Lipinski definition) is 1. The molecule has 1 aromatic heterocycles. The first kappa shape index (κ1) is 9.58. The first-order valence-electron chi connectivity index (χ1n) is 4.88. The fourth-order valence-corrected chi connectivity index (χ4v) is 1.76. The summed E-state index contributed by atoms with van der Waals surface area (Å²) in [6.45, 7) is 0.0776. The monoisotopic (exact) mass is 198 g/mol. The molecule has 1 aromatic rings. The van der Waals surface area contributed by atoms with Crippen LogP contribution in [-0.4, -0.2) is 27.2 Å². The minimum atomic E-state index is -1.27. The van der Waals surface area contributed by atoms with Crippen LogP contribution in [0, 0.1) is 5.92 Å². The van der Waals surface area contributed by atoms with E-state index in [0.29, 0.717) is 12.1 Å². The van der Waals surface area contributed by atoms with Crippen molar-refractivity contribution in [3.63, 3.8) is 0 Å². The Balaban J connectivity index is 2.07. The van der Waals surface area contributed by atoms with Gasteiger partial charge in [-0.25, -0.2) is 4.39 Å². The van der Waals surface area contributed by atoms with Crippen molar-refractivity contribution in [1.82, 2.24) is 15.0 Å². The summed E-state index contributed by atoms with van der Waals surface area (Å²) in [7, 11) is 1.77. The molecule has 0 amide bonds. The predicted octanol–water partition coefficient (Wildman–Crippen LogP) is 0.435. The minimum Gasteiger partial charge on any atom is -0.328 e. The third-order valence-corrected chi connectivity index (χ3v) is 2.77. The van der Waals surface area contributed by atoms with Crippen LogP contribution in [0.3, 0.4) is 0 Å². The van der Waals surface area contributed by atoms with Crippen LogP contribution in [0.5, 0.6) is 0 Å². The van der Waals surface area contributed by atoms with Gasteiger partial charge in [0.2, 0.25) is 0 Å². The summed E-state index contributed by atoms with van der Waals surface area (Å²) in [6, 6.07) is 0. The largest absolute Gasteiger partial charge is 0.328 e. The van der Waals surface area contributed by atoms with E-state index in [2.05, 4.69) is 10.3 Å². The van der Waals surface area contributed by atoms with Crippen molar-refractivity contribution in [2.75, 3.05) is 6.54 Å². The van der Waals surface area contributed by atoms with Crippen molar-refractivity contribution in [3.05, 3.63) is 11.9 Å². The average Bonchev–Trinajstić information content (AvgIpc) is 2.93. The second-order valence-corrected chi connectivity index (χ2v) is 4.07. The first-order chi connectivity index (χ1) is 6.64. The molecule has 0 aliphatic heterocycles. The van der Waals surface area contributed by atoms with Crippen LogP contribution >= 0.6 is 0 Å². The topological polar surface area (TPSA) is 56.7 Å². The lowest BCUT2D eigenvalue weighted by atomic mass is 9.94. The van der Waals surface area contributed by atoms with Crippen molar-refractivity contribution in [3.8, 4) is 0 Å². The molecular weight excluding hydrogens is 183 g/mol. The SMILES string of the molecule is Cn1cc(CC(F)(CN)C2CC2)nn1. The van der Waals surface area contributed by atoms with E-state index in [1.165, 1.54) is 0 Å². The van der Waals surface area contributed by atoms with Gasteiger partial charge in [-0.15, -0.1) is 5.10 Å². The molecular formula is C9H15FN4. The number of aryl methyl sites for hydroxylation is 1. The van der Waals surface area contributed by atoms with E-state index in [-0.39, 0.29) is 12.5 Å². The standard InChI is InChI=1S/C9H15FN4/c1-14-5-8(12-13-14)4-9(10,6-11)7-2-3-7/h5,7H,2-4,6,11H2,1H3. The number of halogens is 1. The van der Waals surface area contributed by atoms with Gasteiger partial charge in [0, 0.05) is 26.2 Å². The van der Waals surface area contributed by atoms with Gasteiger partial charge in [0.05, 0.1) is 5.69 Å². The number of aromatic nitrogens is 3. The van der Waals surface area contributed by atoms with Gasteiger partial charge in [0.25, 0.3) is 0 Å². The second kappa shape index (κ2) is 3.31. The van der Waals surface area contributed by atoms with Crippen molar-refractivity contribution in [1.29, 1.82) is 0 Å². The fraction of sp³-hybridized carbons (Fsp3) is 0.778. The highest BCUT2D eigenvalue weighted by Gasteiger charge is 2.45. The van der Waals surface area contributed by atoms with E-state index in [9.17, 15) is 4.39 Å². The molecule has 1 atom stereocenters. The van der Waals surface area contributed by atoms with E-state index < -0.39 is 5.67 Å². The molecule has 1 aliphatic carbocycles. The summed E-state index contributed by atoms with van der Waals surface area (Å²) in [4.78, 5) is 0. The summed E-state index contributed by atoms with van der Waals surface area (Å²) in [5, 5.41) is 7.65. The molecule has 5 heteroatoms. The van der Waals surface area contributed by atoms with E-state index >= 15 is 0 Å². The number of rotatable bonds is 4. The normalized spacial score (nSPS) is 20.8. The summed E-state index contributed by atoms with van der Waals surface area (Å²) in [5.41, 5.74) is 4.89. The minimum absolute atomic E-state index is 0.0776. The Labute approximate surface area is 82.3 Å². The maximum atomic E-state index is 14.2. The molecule has 0 aromatic carbocycles. The van der Waals surface area contributed by atoms with Crippen molar-refractivity contribution in [2.45, 2.75) is 24.9 Å². The van der Waals surface area contributed by atoms with Crippen LogP contribution in [0.15, 0.2) is 6.20 Å². The Morgan fingerprint density at radius 2 is 2.43 bits per heavy atom. The fourth-order valence-electron chi connectivity index (χ4n) is 1.76. The maximum Gasteiger partial charge on any atom is 0.131 e. The molecule has 2 N–H and O–H groups in total. The number of hydrogen-bond acceptors (Lipinski definition) is 3. The highest BCUT2D eigenvalue weighted by Crippen LogP contribution is 2.43. The van der Waals surface area contributed by atoms with E-state index in [0.717, 1.165) is 12.8 Å². The van der Waals surface area contributed by atoms with Crippen LogP contribution in [0.4, 0.5) is 4.39 Å². The third-order valence-electron chi connectivity index (χ3n) is 2.77. The van der Waals surface area contributed by atoms with Crippen molar-refractivity contribution >= 4 is 0 Å². The van der Waals surface area contributed by atoms with Crippen LogP contribution in [0.25, 0.3) is 0 Å². The van der Waals surface area contributed by atoms with Crippen LogP contribution in [0.2, 0.25) is 0 Å². The smallest absolute Gasteiger partial charge is 0.131 e. The van der Waals surface area contributed by atoms with Crippen LogP contribution in [0.1, 0.15) is 18.5 Å². The average molecular weight is 198 g/mol.